The lowest BCUT2D eigenvalue weighted by molar-refractivity contribution is -0.128. The van der Waals surface area contributed by atoms with Crippen LogP contribution in [0.15, 0.2) is 24.3 Å². The van der Waals surface area contributed by atoms with Gasteiger partial charge in [-0.2, -0.15) is 0 Å². The fourth-order valence-electron chi connectivity index (χ4n) is 1.75. The quantitative estimate of drug-likeness (QED) is 0.890. The first kappa shape index (κ1) is 17.2. The Bertz CT molecular complexity index is 520. The summed E-state index contributed by atoms with van der Waals surface area (Å²) in [6.45, 7) is 7.72. The smallest absolute Gasteiger partial charge is 0.241 e. The van der Waals surface area contributed by atoms with Gasteiger partial charge in [-0.1, -0.05) is 39.0 Å². The van der Waals surface area contributed by atoms with Gasteiger partial charge in [0.05, 0.1) is 6.04 Å². The fourth-order valence-corrected chi connectivity index (χ4v) is 1.75. The molecule has 1 atom stereocenters. The molecule has 0 fully saturated rings. The third-order valence-corrected chi connectivity index (χ3v) is 3.44. The molecule has 2 amide bonds. The predicted molar refractivity (Wildman–Crippen MR) is 84.7 cm³/mol. The molecule has 0 aliphatic carbocycles. The summed E-state index contributed by atoms with van der Waals surface area (Å²) in [6.07, 6.45) is 0. The number of amides is 2. The van der Waals surface area contributed by atoms with Crippen molar-refractivity contribution in [1.29, 1.82) is 0 Å². The Hall–Kier alpha value is -1.88. The Balaban J connectivity index is 2.89. The third-order valence-electron chi connectivity index (χ3n) is 3.44. The lowest BCUT2D eigenvalue weighted by atomic mass is 9.87. The molecule has 1 aromatic rings. The number of nitrogens with zero attached hydrogens (tertiary/aromatic N) is 1. The predicted octanol–water partition coefficient (Wildman–Crippen LogP) is 1.98. The number of rotatable bonds is 4. The third kappa shape index (κ3) is 4.86. The van der Waals surface area contributed by atoms with Gasteiger partial charge in [0, 0.05) is 26.2 Å². The van der Waals surface area contributed by atoms with Crippen molar-refractivity contribution < 1.29 is 9.59 Å². The van der Waals surface area contributed by atoms with Gasteiger partial charge in [0.25, 0.3) is 0 Å². The summed E-state index contributed by atoms with van der Waals surface area (Å²) < 4.78 is 0. The van der Waals surface area contributed by atoms with Gasteiger partial charge in [-0.25, -0.2) is 0 Å². The van der Waals surface area contributed by atoms with E-state index in [0.717, 1.165) is 5.56 Å². The van der Waals surface area contributed by atoms with Gasteiger partial charge in [-0.05, 0) is 17.0 Å². The van der Waals surface area contributed by atoms with Crippen LogP contribution in [0.5, 0.6) is 0 Å². The highest BCUT2D eigenvalue weighted by molar-refractivity contribution is 5.95. The van der Waals surface area contributed by atoms with Crippen LogP contribution in [0.4, 0.5) is 5.69 Å². The zero-order chi connectivity index (χ0) is 16.2. The monoisotopic (exact) mass is 291 g/mol. The van der Waals surface area contributed by atoms with Crippen molar-refractivity contribution in [2.45, 2.75) is 40.3 Å². The normalized spacial score (nSPS) is 12.7. The number of nitrogens with two attached hydrogens (primary N) is 1. The van der Waals surface area contributed by atoms with Gasteiger partial charge in [-0.3, -0.25) is 9.59 Å². The standard InChI is InChI=1S/C16H25N3O2/c1-11(20)19(5)10-12-8-6-7-9-13(12)18-15(21)14(17)16(2,3)4/h6-9,14H,10,17H2,1-5H3,(H,18,21). The number of benzene rings is 1. The van der Waals surface area contributed by atoms with Crippen LogP contribution in [0.25, 0.3) is 0 Å². The molecule has 5 heteroatoms. The summed E-state index contributed by atoms with van der Waals surface area (Å²) >= 11 is 0. The molecule has 3 N–H and O–H groups in total. The number of hydrogen-bond donors (Lipinski definition) is 2. The minimum atomic E-state index is -0.601. The second-order valence-corrected chi connectivity index (χ2v) is 6.37. The average molecular weight is 291 g/mol. The Morgan fingerprint density at radius 2 is 1.86 bits per heavy atom. The highest BCUT2D eigenvalue weighted by atomic mass is 16.2. The van der Waals surface area contributed by atoms with Gasteiger partial charge in [0.1, 0.15) is 0 Å². The Kier molecular flexibility index (Phi) is 5.49. The second kappa shape index (κ2) is 6.72. The molecule has 0 spiro atoms. The summed E-state index contributed by atoms with van der Waals surface area (Å²) in [7, 11) is 1.72. The van der Waals surface area contributed by atoms with Crippen LogP contribution in [0.3, 0.4) is 0 Å². The lowest BCUT2D eigenvalue weighted by Gasteiger charge is -2.26. The molecule has 0 bridgehead atoms. The Morgan fingerprint density at radius 1 is 1.29 bits per heavy atom. The minimum Gasteiger partial charge on any atom is -0.342 e. The van der Waals surface area contributed by atoms with Crippen LogP contribution in [0, 0.1) is 5.41 Å². The highest BCUT2D eigenvalue weighted by Gasteiger charge is 2.27. The number of carbonyl (C=O) groups is 2. The molecular formula is C16H25N3O2. The number of hydrogen-bond acceptors (Lipinski definition) is 3. The maximum Gasteiger partial charge on any atom is 0.241 e. The van der Waals surface area contributed by atoms with E-state index in [4.69, 9.17) is 5.73 Å². The SMILES string of the molecule is CC(=O)N(C)Cc1ccccc1NC(=O)C(N)C(C)(C)C. The zero-order valence-electron chi connectivity index (χ0n) is 13.4. The molecule has 0 aromatic heterocycles. The van der Waals surface area contributed by atoms with E-state index in [0.29, 0.717) is 12.2 Å². The molecule has 5 nitrogen and oxygen atoms in total. The summed E-state index contributed by atoms with van der Waals surface area (Å²) in [6, 6.07) is 6.82. The van der Waals surface area contributed by atoms with Crippen molar-refractivity contribution in [2.75, 3.05) is 12.4 Å². The van der Waals surface area contributed by atoms with Crippen LogP contribution < -0.4 is 11.1 Å². The van der Waals surface area contributed by atoms with Crippen molar-refractivity contribution in [2.24, 2.45) is 11.1 Å². The van der Waals surface area contributed by atoms with Gasteiger partial charge >= 0.3 is 0 Å². The van der Waals surface area contributed by atoms with E-state index in [1.807, 2.05) is 45.0 Å². The molecule has 0 aliphatic rings. The van der Waals surface area contributed by atoms with Crippen LogP contribution in [-0.2, 0) is 16.1 Å². The lowest BCUT2D eigenvalue weighted by Crippen LogP contribution is -2.45. The molecule has 21 heavy (non-hydrogen) atoms. The maximum atomic E-state index is 12.2. The first-order valence-corrected chi connectivity index (χ1v) is 6.99. The van der Waals surface area contributed by atoms with E-state index in [1.54, 1.807) is 11.9 Å². The topological polar surface area (TPSA) is 75.4 Å². The Morgan fingerprint density at radius 3 is 2.38 bits per heavy atom. The molecule has 1 aromatic carbocycles. The van der Waals surface area contributed by atoms with Crippen molar-refractivity contribution in [1.82, 2.24) is 4.90 Å². The zero-order valence-corrected chi connectivity index (χ0v) is 13.4. The Labute approximate surface area is 126 Å². The first-order valence-electron chi connectivity index (χ1n) is 6.99. The molecule has 0 radical (unpaired) electrons. The minimum absolute atomic E-state index is 0.0254. The number of anilines is 1. The van der Waals surface area contributed by atoms with Crippen molar-refractivity contribution in [3.63, 3.8) is 0 Å². The number of carbonyl (C=O) groups excluding carboxylic acids is 2. The van der Waals surface area contributed by atoms with E-state index in [1.165, 1.54) is 6.92 Å². The van der Waals surface area contributed by atoms with E-state index in [9.17, 15) is 9.59 Å². The van der Waals surface area contributed by atoms with Crippen molar-refractivity contribution >= 4 is 17.5 Å². The van der Waals surface area contributed by atoms with Crippen LogP contribution in [0.1, 0.15) is 33.3 Å². The van der Waals surface area contributed by atoms with Gasteiger partial charge in [0.15, 0.2) is 0 Å². The molecule has 0 saturated carbocycles. The summed E-state index contributed by atoms with van der Waals surface area (Å²) in [4.78, 5) is 25.1. The van der Waals surface area contributed by atoms with Gasteiger partial charge < -0.3 is 16.0 Å². The van der Waals surface area contributed by atoms with E-state index in [-0.39, 0.29) is 17.2 Å². The van der Waals surface area contributed by atoms with Crippen molar-refractivity contribution in [3.05, 3.63) is 29.8 Å². The molecular weight excluding hydrogens is 266 g/mol. The van der Waals surface area contributed by atoms with Crippen LogP contribution in [-0.4, -0.2) is 29.8 Å². The summed E-state index contributed by atoms with van der Waals surface area (Å²) in [5, 5.41) is 2.86. The van der Waals surface area contributed by atoms with E-state index < -0.39 is 6.04 Å². The van der Waals surface area contributed by atoms with Crippen LogP contribution in [0.2, 0.25) is 0 Å². The van der Waals surface area contributed by atoms with Gasteiger partial charge in [0.2, 0.25) is 11.8 Å². The van der Waals surface area contributed by atoms with E-state index in [2.05, 4.69) is 5.32 Å². The van der Waals surface area contributed by atoms with Crippen molar-refractivity contribution in [3.8, 4) is 0 Å². The second-order valence-electron chi connectivity index (χ2n) is 6.37. The largest absolute Gasteiger partial charge is 0.342 e. The number of nitrogens with one attached hydrogen (secondary N) is 1. The number of para-hydroxylation sites is 1. The molecule has 0 saturated heterocycles. The van der Waals surface area contributed by atoms with Crippen LogP contribution >= 0.6 is 0 Å². The summed E-state index contributed by atoms with van der Waals surface area (Å²) in [5.41, 5.74) is 7.22. The molecule has 1 unspecified atom stereocenters. The molecule has 0 aliphatic heterocycles. The molecule has 0 heterocycles. The van der Waals surface area contributed by atoms with Gasteiger partial charge in [-0.15, -0.1) is 0 Å². The maximum absolute atomic E-state index is 12.2. The fraction of sp³-hybridized carbons (Fsp3) is 0.500. The van der Waals surface area contributed by atoms with E-state index >= 15 is 0 Å². The highest BCUT2D eigenvalue weighted by Crippen LogP contribution is 2.21. The molecule has 116 valence electrons. The average Bonchev–Trinajstić information content (AvgIpc) is 2.38. The molecule has 1 rings (SSSR count). The first-order chi connectivity index (χ1) is 9.62. The summed E-state index contributed by atoms with van der Waals surface area (Å²) in [5.74, 6) is -0.247.